The Morgan fingerprint density at radius 1 is 0.933 bits per heavy atom. The molecule has 2 aromatic carbocycles. The number of sulfonamides is 1. The molecule has 30 heavy (non-hydrogen) atoms. The molecule has 0 atom stereocenters. The van der Waals surface area contributed by atoms with Gasteiger partial charge in [0.25, 0.3) is 0 Å². The summed E-state index contributed by atoms with van der Waals surface area (Å²) in [4.78, 5) is 0.382. The fraction of sp³-hybridized carbons (Fsp3) is 0.478. The number of hydrogen-bond donors (Lipinski definition) is 0. The van der Waals surface area contributed by atoms with Crippen LogP contribution in [0.1, 0.15) is 29.5 Å². The predicted molar refractivity (Wildman–Crippen MR) is 117 cm³/mol. The van der Waals surface area contributed by atoms with Gasteiger partial charge in [-0.15, -0.1) is 0 Å². The maximum Gasteiger partial charge on any atom is 0.243 e. The first-order valence-corrected chi connectivity index (χ1v) is 11.6. The van der Waals surface area contributed by atoms with E-state index in [4.69, 9.17) is 14.2 Å². The third-order valence-corrected chi connectivity index (χ3v) is 7.62. The molecule has 6 nitrogen and oxygen atoms in total. The van der Waals surface area contributed by atoms with Gasteiger partial charge in [-0.2, -0.15) is 4.31 Å². The molecule has 0 N–H and O–H groups in total. The Hall–Kier alpha value is -2.09. The second kappa shape index (κ2) is 9.81. The van der Waals surface area contributed by atoms with Crippen molar-refractivity contribution in [3.05, 3.63) is 53.1 Å². The van der Waals surface area contributed by atoms with Gasteiger partial charge >= 0.3 is 0 Å². The van der Waals surface area contributed by atoms with Crippen LogP contribution in [0.3, 0.4) is 0 Å². The minimum Gasteiger partial charge on any atom is -0.497 e. The van der Waals surface area contributed by atoms with Crippen LogP contribution < -0.4 is 9.47 Å². The van der Waals surface area contributed by atoms with E-state index in [1.807, 2.05) is 38.1 Å². The van der Waals surface area contributed by atoms with Crippen molar-refractivity contribution in [3.8, 4) is 11.5 Å². The Balaban J connectivity index is 1.52. The van der Waals surface area contributed by atoms with E-state index in [2.05, 4.69) is 0 Å². The minimum absolute atomic E-state index is 0.351. The van der Waals surface area contributed by atoms with Crippen LogP contribution in [0.2, 0.25) is 0 Å². The quantitative estimate of drug-likeness (QED) is 0.631. The minimum atomic E-state index is -3.44. The van der Waals surface area contributed by atoms with Gasteiger partial charge in [0.15, 0.2) is 0 Å². The van der Waals surface area contributed by atoms with Gasteiger partial charge in [0.1, 0.15) is 11.5 Å². The highest BCUT2D eigenvalue weighted by atomic mass is 32.2. The molecule has 0 unspecified atom stereocenters. The highest BCUT2D eigenvalue weighted by Gasteiger charge is 2.29. The number of hydrogen-bond acceptors (Lipinski definition) is 5. The van der Waals surface area contributed by atoms with Crippen LogP contribution in [0.5, 0.6) is 11.5 Å². The van der Waals surface area contributed by atoms with E-state index >= 15 is 0 Å². The first-order valence-electron chi connectivity index (χ1n) is 10.2. The van der Waals surface area contributed by atoms with Crippen LogP contribution in [0.15, 0.2) is 41.3 Å². The summed E-state index contributed by atoms with van der Waals surface area (Å²) in [5.74, 6) is 1.82. The molecule has 0 aliphatic carbocycles. The third kappa shape index (κ3) is 5.33. The lowest BCUT2D eigenvalue weighted by atomic mass is 9.99. The fourth-order valence-electron chi connectivity index (χ4n) is 3.63. The summed E-state index contributed by atoms with van der Waals surface area (Å²) in [6.45, 7) is 6.05. The van der Waals surface area contributed by atoms with E-state index in [0.29, 0.717) is 37.1 Å². The number of piperidine rings is 1. The van der Waals surface area contributed by atoms with Crippen molar-refractivity contribution in [2.75, 3.05) is 33.9 Å². The lowest BCUT2D eigenvalue weighted by molar-refractivity contribution is 0.0686. The van der Waals surface area contributed by atoms with Crippen LogP contribution in [0, 0.1) is 19.8 Å². The van der Waals surface area contributed by atoms with Gasteiger partial charge in [-0.1, -0.05) is 6.07 Å². The summed E-state index contributed by atoms with van der Waals surface area (Å²) in [6.07, 6.45) is 1.59. The van der Waals surface area contributed by atoms with E-state index in [1.54, 1.807) is 30.7 Å². The molecule has 0 radical (unpaired) electrons. The van der Waals surface area contributed by atoms with Gasteiger partial charge < -0.3 is 14.2 Å². The van der Waals surface area contributed by atoms with Crippen molar-refractivity contribution in [2.24, 2.45) is 5.92 Å². The summed E-state index contributed by atoms with van der Waals surface area (Å²) in [5.41, 5.74) is 3.08. The molecule has 0 spiro atoms. The average Bonchev–Trinajstić information content (AvgIpc) is 2.75. The van der Waals surface area contributed by atoms with E-state index in [1.165, 1.54) is 0 Å². The van der Waals surface area contributed by atoms with Gasteiger partial charge in [-0.3, -0.25) is 0 Å². The van der Waals surface area contributed by atoms with Crippen molar-refractivity contribution in [1.82, 2.24) is 4.31 Å². The van der Waals surface area contributed by atoms with Crippen molar-refractivity contribution in [3.63, 3.8) is 0 Å². The molecule has 2 aromatic rings. The highest BCUT2D eigenvalue weighted by molar-refractivity contribution is 7.89. The lowest BCUT2D eigenvalue weighted by Crippen LogP contribution is -2.39. The lowest BCUT2D eigenvalue weighted by Gasteiger charge is -2.31. The van der Waals surface area contributed by atoms with Crippen molar-refractivity contribution in [2.45, 2.75) is 38.2 Å². The van der Waals surface area contributed by atoms with Crippen molar-refractivity contribution < 1.29 is 22.6 Å². The number of nitrogens with zero attached hydrogens (tertiary/aromatic N) is 1. The second-order valence-electron chi connectivity index (χ2n) is 7.83. The number of rotatable bonds is 8. The molecule has 1 saturated heterocycles. The average molecular weight is 434 g/mol. The molecule has 3 rings (SSSR count). The Bertz CT molecular complexity index is 943. The standard InChI is InChI=1S/C23H31NO5S/c1-17-5-6-23(11-18(17)2)30(25,26)24-9-7-19(8-10-24)15-29-16-20-12-21(27-3)14-22(13-20)28-4/h5-6,11-14,19H,7-10,15-16H2,1-4H3. The Labute approximate surface area is 179 Å². The van der Waals surface area contributed by atoms with Crippen LogP contribution in [0.4, 0.5) is 0 Å². The number of benzene rings is 2. The van der Waals surface area contributed by atoms with Gasteiger partial charge in [-0.05, 0) is 73.6 Å². The third-order valence-electron chi connectivity index (χ3n) is 5.72. The molecule has 1 fully saturated rings. The molecule has 0 aromatic heterocycles. The molecule has 1 heterocycles. The maximum atomic E-state index is 12.9. The Kier molecular flexibility index (Phi) is 7.39. The molecule has 164 valence electrons. The first-order chi connectivity index (χ1) is 14.3. The van der Waals surface area contributed by atoms with Gasteiger partial charge in [0, 0.05) is 25.8 Å². The van der Waals surface area contributed by atoms with Crippen molar-refractivity contribution in [1.29, 1.82) is 0 Å². The Morgan fingerprint density at radius 2 is 1.57 bits per heavy atom. The summed E-state index contributed by atoms with van der Waals surface area (Å²) in [6, 6.07) is 11.0. The summed E-state index contributed by atoms with van der Waals surface area (Å²) >= 11 is 0. The Morgan fingerprint density at radius 3 is 2.13 bits per heavy atom. The van der Waals surface area contributed by atoms with Crippen LogP contribution in [0.25, 0.3) is 0 Å². The first kappa shape index (κ1) is 22.6. The molecule has 0 saturated carbocycles. The normalized spacial score (nSPS) is 15.9. The predicted octanol–water partition coefficient (Wildman–Crippen LogP) is 3.94. The number of ether oxygens (including phenoxy) is 3. The van der Waals surface area contributed by atoms with E-state index in [9.17, 15) is 8.42 Å². The van der Waals surface area contributed by atoms with Gasteiger partial charge in [0.05, 0.1) is 25.7 Å². The monoisotopic (exact) mass is 433 g/mol. The SMILES string of the molecule is COc1cc(COCC2CCN(S(=O)(=O)c3ccc(C)c(C)c3)CC2)cc(OC)c1. The van der Waals surface area contributed by atoms with Crippen LogP contribution in [-0.4, -0.2) is 46.6 Å². The largest absolute Gasteiger partial charge is 0.497 e. The summed E-state index contributed by atoms with van der Waals surface area (Å²) in [7, 11) is -0.191. The summed E-state index contributed by atoms with van der Waals surface area (Å²) in [5, 5.41) is 0. The maximum absolute atomic E-state index is 12.9. The van der Waals surface area contributed by atoms with E-state index < -0.39 is 10.0 Å². The number of aryl methyl sites for hydroxylation is 2. The molecule has 0 bridgehead atoms. The second-order valence-corrected chi connectivity index (χ2v) is 9.77. The topological polar surface area (TPSA) is 65.1 Å². The number of methoxy groups -OCH3 is 2. The van der Waals surface area contributed by atoms with E-state index in [0.717, 1.165) is 41.0 Å². The summed E-state index contributed by atoms with van der Waals surface area (Å²) < 4.78 is 44.0. The van der Waals surface area contributed by atoms with E-state index in [-0.39, 0.29) is 0 Å². The molecular formula is C23H31NO5S. The van der Waals surface area contributed by atoms with Crippen LogP contribution in [-0.2, 0) is 21.4 Å². The van der Waals surface area contributed by atoms with Gasteiger partial charge in [-0.25, -0.2) is 8.42 Å². The van der Waals surface area contributed by atoms with Gasteiger partial charge in [0.2, 0.25) is 10.0 Å². The highest BCUT2D eigenvalue weighted by Crippen LogP contribution is 2.26. The zero-order valence-corrected chi connectivity index (χ0v) is 19.0. The van der Waals surface area contributed by atoms with Crippen molar-refractivity contribution >= 4 is 10.0 Å². The fourth-order valence-corrected chi connectivity index (χ4v) is 5.19. The molecule has 1 aliphatic rings. The molecule has 0 amide bonds. The zero-order valence-electron chi connectivity index (χ0n) is 18.2. The molecule has 1 aliphatic heterocycles. The zero-order chi connectivity index (χ0) is 21.7. The molecule has 7 heteroatoms. The smallest absolute Gasteiger partial charge is 0.243 e. The molecular weight excluding hydrogens is 402 g/mol. The van der Waals surface area contributed by atoms with Crippen LogP contribution >= 0.6 is 0 Å².